The number of nitrogens with one attached hydrogen (secondary N) is 1. The van der Waals surface area contributed by atoms with E-state index in [0.29, 0.717) is 75.8 Å². The summed E-state index contributed by atoms with van der Waals surface area (Å²) in [6.45, 7) is 22.9. The Kier molecular flexibility index (Phi) is 29.8. The zero-order chi connectivity index (χ0) is 84.6. The van der Waals surface area contributed by atoms with Crippen LogP contribution in [0.5, 0.6) is 0 Å². The molecule has 7 saturated heterocycles. The van der Waals surface area contributed by atoms with Crippen LogP contribution in [0.4, 0.5) is 0 Å². The van der Waals surface area contributed by atoms with E-state index in [9.17, 15) is 48.3 Å². The number of aryl methyl sites for hydroxylation is 2. The van der Waals surface area contributed by atoms with Crippen LogP contribution in [-0.2, 0) is 57.2 Å². The maximum Gasteiger partial charge on any atom is 0.338 e. The van der Waals surface area contributed by atoms with Crippen LogP contribution in [0.2, 0.25) is 25.7 Å². The molecule has 9 heterocycles. The van der Waals surface area contributed by atoms with Gasteiger partial charge < -0.3 is 58.7 Å². The number of aldehydes is 1. The Morgan fingerprint density at radius 3 is 1.56 bits per heavy atom. The minimum absolute atomic E-state index is 0.00936. The summed E-state index contributed by atoms with van der Waals surface area (Å²) in [4.78, 5) is 111. The Labute approximate surface area is 701 Å². The molecule has 22 nitrogen and oxygen atoms in total. The number of ether oxygens (including phenoxy) is 6. The fourth-order valence-electron chi connectivity index (χ4n) is 17.4. The molecule has 119 heavy (non-hydrogen) atoms. The van der Waals surface area contributed by atoms with Crippen LogP contribution in [0.15, 0.2) is 248 Å². The van der Waals surface area contributed by atoms with Crippen molar-refractivity contribution in [3.8, 4) is 0 Å². The predicted octanol–water partition coefficient (Wildman–Crippen LogP) is 14.4. The molecular weight excluding hydrogens is 1550 g/mol. The predicted molar refractivity (Wildman–Crippen MR) is 452 cm³/mol. The number of aliphatic hydroxyl groups excluding tert-OH is 2. The number of esters is 2. The molecule has 2 saturated carbocycles. The monoisotopic (exact) mass is 1650 g/mol. The number of fused-ring (bicyclic) bond motifs is 9. The lowest BCUT2D eigenvalue weighted by Gasteiger charge is -2.25. The first kappa shape index (κ1) is 87.7. The van der Waals surface area contributed by atoms with Gasteiger partial charge in [0.1, 0.15) is 19.0 Å². The molecule has 5 amide bonds. The first-order valence-corrected chi connectivity index (χ1v) is 44.8. The van der Waals surface area contributed by atoms with Gasteiger partial charge in [-0.05, 0) is 111 Å². The van der Waals surface area contributed by atoms with Gasteiger partial charge >= 0.3 is 11.9 Å². The van der Waals surface area contributed by atoms with Crippen molar-refractivity contribution < 1.29 is 81.8 Å². The highest BCUT2D eigenvalue weighted by Crippen LogP contribution is 2.53. The van der Waals surface area contributed by atoms with E-state index in [1.54, 1.807) is 47.4 Å². The van der Waals surface area contributed by atoms with E-state index in [2.05, 4.69) is 38.1 Å². The number of amides is 5. The van der Waals surface area contributed by atoms with E-state index in [-0.39, 0.29) is 133 Å². The topological polar surface area (TPSA) is 274 Å². The van der Waals surface area contributed by atoms with E-state index in [1.807, 2.05) is 198 Å². The van der Waals surface area contributed by atoms with Crippen LogP contribution >= 0.6 is 11.6 Å². The summed E-state index contributed by atoms with van der Waals surface area (Å²) in [6, 6.07) is 64.7. The van der Waals surface area contributed by atoms with Crippen molar-refractivity contribution in [2.45, 2.75) is 165 Å². The van der Waals surface area contributed by atoms with Crippen LogP contribution in [0.3, 0.4) is 0 Å². The molecule has 15 unspecified atom stereocenters. The van der Waals surface area contributed by atoms with Gasteiger partial charge in [0.15, 0.2) is 24.9 Å². The molecule has 24 heteroatoms. The Bertz CT molecular complexity index is 4800. The quantitative estimate of drug-likeness (QED) is 0.0318. The molecule has 7 aromatic rings. The largest absolute Gasteiger partial charge is 0.461 e. The number of carbonyl (C=O) groups excluding carboxylic acids is 9. The number of halogens is 1. The lowest BCUT2D eigenvalue weighted by molar-refractivity contribution is -0.140. The molecule has 624 valence electrons. The summed E-state index contributed by atoms with van der Waals surface area (Å²) in [5.41, 5.74) is 12.3. The third-order valence-electron chi connectivity index (χ3n) is 22.9. The van der Waals surface area contributed by atoms with Crippen molar-refractivity contribution in [3.05, 3.63) is 298 Å². The fraction of sp³-hybridized carbons (Fsp3) is 0.379. The third kappa shape index (κ3) is 21.9. The summed E-state index contributed by atoms with van der Waals surface area (Å²) >= 11 is 5.22. The molecule has 3 aliphatic carbocycles. The molecule has 0 radical (unpaired) electrons. The lowest BCUT2D eigenvalue weighted by Crippen LogP contribution is -2.35. The molecule has 9 aliphatic heterocycles. The van der Waals surface area contributed by atoms with Gasteiger partial charge in [-0.25, -0.2) is 4.79 Å². The zero-order valence-corrected chi connectivity index (χ0v) is 69.9. The number of nitrogens with zero attached hydrogens (tertiary/aromatic N) is 4. The number of rotatable bonds is 13. The van der Waals surface area contributed by atoms with Crippen molar-refractivity contribution in [3.63, 3.8) is 0 Å². The lowest BCUT2D eigenvalue weighted by atomic mass is 9.94. The normalized spacial score (nSPS) is 26.4. The van der Waals surface area contributed by atoms with Gasteiger partial charge in [-0.2, -0.15) is 0 Å². The summed E-state index contributed by atoms with van der Waals surface area (Å²) < 4.78 is 33.8. The molecule has 0 bridgehead atoms. The second-order valence-corrected chi connectivity index (χ2v) is 38.8. The number of hydrogen-bond donors (Lipinski definition) is 3. The maximum absolute atomic E-state index is 13.0. The van der Waals surface area contributed by atoms with Gasteiger partial charge in [-0.1, -0.05) is 231 Å². The molecule has 0 spiro atoms. The highest BCUT2D eigenvalue weighted by Gasteiger charge is 2.59. The fourth-order valence-corrected chi connectivity index (χ4v) is 19.1. The van der Waals surface area contributed by atoms with Gasteiger partial charge in [0.25, 0.3) is 11.1 Å². The highest BCUT2D eigenvalue weighted by molar-refractivity contribution is 6.76. The van der Waals surface area contributed by atoms with E-state index >= 15 is 0 Å². The standard InChI is InChI=1S/C23H21NO4.C16H17NO2.C15H17NO3.C12H11NO2.C9H18O2Si.C8H7ClO.C7H6O.C5H9NO2/c1-14-7-9-16(10-8-14)23(26)28-17-11-18-19(12-17)21(25)24-20(18)13-27-22(24)15-5-3-2-4-6-15;1-10-7-12-13(8-10)15(18)17-14(12)9-19-16(17)11-5-3-2-4-6-11;17-10-6-11-12(7-10)14(18)16-13(11)8-19-15(16)9-4-2-1-3-5-9;14-11-7-6-10-8-15-12(13(10)11)9-4-2-1-3-5-9;1-8(6-11-9(2)10)7-12(3,4)5;1-6-2-4-7(5-3-6)8(9)10;8-6-7-4-2-1-3-5-7;7-3-4-1-2-5(8)6-4/h2-10,17,20,22H,11-13H2,1H3;2-6,12-14,16H,1,7-9H2;1-5,10-13,15,17H,6-8H2;1-7,10,12H,8H2;1,6-7H2,2-5H3;2-5H,1H3;1-6H;4,7H,1-3H2,(H,6,8). The summed E-state index contributed by atoms with van der Waals surface area (Å²) in [5.74, 6) is 0.855. The number of carbonyl (C=O) groups is 9. The third-order valence-corrected chi connectivity index (χ3v) is 24.7. The molecule has 3 N–H and O–H groups in total. The molecular formula is C95H106ClN5O17Si. The Morgan fingerprint density at radius 2 is 1.08 bits per heavy atom. The van der Waals surface area contributed by atoms with Gasteiger partial charge in [0, 0.05) is 91.1 Å². The SMILES string of the molecule is C=C(COC(C)=O)C[Si](C)(C)C.C=C1CC2C(=O)N3C(c4ccccc4)OCC3C2C1.Cc1ccc(C(=O)Cl)cc1.Cc1ccc(C(=O)OC2CC3=C(C2)C2COC(c4ccccc4)N2C3=O)cc1.O=C1C2CC(O)CC2C2COC(c3ccccc3)N12.O=C1C=CC2COC(c3ccccc3)N12.O=C1CCC(CO)N1.O=Cc1ccccc1. The van der Waals surface area contributed by atoms with Gasteiger partial charge in [0.2, 0.25) is 23.6 Å². The van der Waals surface area contributed by atoms with Crippen LogP contribution in [0, 0.1) is 37.5 Å². The molecule has 0 aromatic heterocycles. The minimum Gasteiger partial charge on any atom is -0.461 e. The van der Waals surface area contributed by atoms with Crippen LogP contribution in [0.25, 0.3) is 0 Å². The average molecular weight is 1650 g/mol. The van der Waals surface area contributed by atoms with Gasteiger partial charge in [-0.15, -0.1) is 0 Å². The Hall–Kier alpha value is -10.6. The molecule has 7 aromatic carbocycles. The average Bonchev–Trinajstić information content (AvgIpc) is 1.59. The van der Waals surface area contributed by atoms with Crippen LogP contribution in [-0.4, -0.2) is 173 Å². The smallest absolute Gasteiger partial charge is 0.338 e. The minimum atomic E-state index is -1.08. The number of allylic oxidation sites excluding steroid dienone is 1. The van der Waals surface area contributed by atoms with Gasteiger partial charge in [-0.3, -0.25) is 43.3 Å². The number of benzene rings is 7. The molecule has 15 atom stereocenters. The Balaban J connectivity index is 0.000000129. The second kappa shape index (κ2) is 40.4. The van der Waals surface area contributed by atoms with Crippen LogP contribution < -0.4 is 5.32 Å². The maximum atomic E-state index is 13.0. The molecule has 12 aliphatic rings. The van der Waals surface area contributed by atoms with Crippen molar-refractivity contribution in [1.82, 2.24) is 24.9 Å². The van der Waals surface area contributed by atoms with Crippen molar-refractivity contribution >= 4 is 72.7 Å². The number of hydrogen-bond acceptors (Lipinski definition) is 17. The van der Waals surface area contributed by atoms with Crippen LogP contribution in [0.1, 0.15) is 148 Å². The Morgan fingerprint density at radius 1 is 0.597 bits per heavy atom. The summed E-state index contributed by atoms with van der Waals surface area (Å²) in [6.07, 6.45) is 8.49. The highest BCUT2D eigenvalue weighted by atomic mass is 35.5. The molecule has 19 rings (SSSR count). The van der Waals surface area contributed by atoms with E-state index in [0.717, 1.165) is 93.7 Å². The second-order valence-electron chi connectivity index (χ2n) is 33.0. The number of aliphatic hydroxyl groups is 2. The summed E-state index contributed by atoms with van der Waals surface area (Å²) in [5, 5.41) is 20.4. The van der Waals surface area contributed by atoms with Crippen molar-refractivity contribution in [2.24, 2.45) is 23.7 Å². The molecule has 9 fully saturated rings. The van der Waals surface area contributed by atoms with E-state index in [4.69, 9.17) is 45.1 Å². The summed E-state index contributed by atoms with van der Waals surface area (Å²) in [7, 11) is -1.08. The van der Waals surface area contributed by atoms with Crippen molar-refractivity contribution in [1.29, 1.82) is 0 Å². The zero-order valence-electron chi connectivity index (χ0n) is 68.2. The van der Waals surface area contributed by atoms with E-state index < -0.39 is 13.3 Å². The first-order chi connectivity index (χ1) is 57.2. The van der Waals surface area contributed by atoms with Gasteiger partial charge in [0.05, 0.1) is 74.9 Å². The van der Waals surface area contributed by atoms with Crippen molar-refractivity contribution in [2.75, 3.05) is 39.6 Å². The van der Waals surface area contributed by atoms with E-state index in [1.165, 1.54) is 12.5 Å². The first-order valence-electron chi connectivity index (χ1n) is 40.7.